The monoisotopic (exact) mass is 111 g/mol. The van der Waals surface area contributed by atoms with Gasteiger partial charge in [0.25, 0.3) is 0 Å². The summed E-state index contributed by atoms with van der Waals surface area (Å²) in [6.07, 6.45) is 0. The topological polar surface area (TPSA) is 0 Å². The van der Waals surface area contributed by atoms with Gasteiger partial charge in [-0.05, 0) is 0 Å². The van der Waals surface area contributed by atoms with Crippen LogP contribution in [-0.4, -0.2) is 13.7 Å². The molecule has 0 unspecified atom stereocenters. The van der Waals surface area contributed by atoms with Gasteiger partial charge >= 0.3 is 0 Å². The summed E-state index contributed by atoms with van der Waals surface area (Å²) in [6.45, 7) is 0. The molecule has 1 aromatic rings. The largest absolute Gasteiger partial charge is 0.0708 e. The summed E-state index contributed by atoms with van der Waals surface area (Å²) < 4.78 is 21.4. The lowest BCUT2D eigenvalue weighted by Crippen LogP contribution is -1.97. The summed E-state index contributed by atoms with van der Waals surface area (Å²) in [7, 11) is -3.28. The molecule has 0 aliphatic heterocycles. The van der Waals surface area contributed by atoms with Crippen LogP contribution in [-0.2, 0) is 0 Å². The zero-order valence-corrected chi connectivity index (χ0v) is 4.89. The van der Waals surface area contributed by atoms with Crippen molar-refractivity contribution in [1.82, 2.24) is 0 Å². The molecule has 0 heterocycles. The highest BCUT2D eigenvalue weighted by Gasteiger charge is 1.72. The predicted octanol–water partition coefficient (Wildman–Crippen LogP) is -0.323. The first-order valence-electron chi connectivity index (χ1n) is 3.66. The van der Waals surface area contributed by atoms with Crippen LogP contribution in [0.1, 0.15) is 0 Å². The van der Waals surface area contributed by atoms with Gasteiger partial charge in [-0.15, -0.1) is 0 Å². The Hall–Kier alpha value is -0.563. The summed E-state index contributed by atoms with van der Waals surface area (Å²) in [6, 6.07) is 8.67. The maximum absolute atomic E-state index is 7.15. The lowest BCUT2D eigenvalue weighted by molar-refractivity contribution is 1.78. The molecule has 0 radical (unpaired) electrons. The van der Waals surface area contributed by atoms with Crippen LogP contribution in [0.4, 0.5) is 0 Å². The molecule has 1 heteroatoms. The molecule has 0 amide bonds. The molecule has 0 atom stereocenters. The second-order valence-corrected chi connectivity index (χ2v) is 1.94. The van der Waals surface area contributed by atoms with Gasteiger partial charge in [-0.25, -0.2) is 0 Å². The van der Waals surface area contributed by atoms with Crippen molar-refractivity contribution in [3.63, 3.8) is 0 Å². The first kappa shape index (κ1) is 2.14. The van der Waals surface area contributed by atoms with Gasteiger partial charge in [0.15, 0.2) is 0 Å². The second kappa shape index (κ2) is 1.94. The Balaban J connectivity index is 2.97. The molecule has 0 saturated heterocycles. The van der Waals surface area contributed by atoms with E-state index in [4.69, 9.17) is 3.70 Å². The highest BCUT2D eigenvalue weighted by molar-refractivity contribution is 6.32. The smallest absolute Gasteiger partial charge is 0.0384 e. The SMILES string of the molecule is [2H][Si]([2H])([2H])c1ccccc1. The molecule has 36 valence electrons. The quantitative estimate of drug-likeness (QED) is 0.436. The molecule has 0 aliphatic rings. The molecule has 0 N–H and O–H groups in total. The van der Waals surface area contributed by atoms with Gasteiger partial charge in [-0.1, -0.05) is 35.5 Å². The molecule has 0 aromatic heterocycles. The van der Waals surface area contributed by atoms with Crippen molar-refractivity contribution in [1.29, 1.82) is 3.70 Å². The lowest BCUT2D eigenvalue weighted by Gasteiger charge is -1.82. The minimum atomic E-state index is -3.28. The number of hydrogen-bond donors (Lipinski definition) is 0. The van der Waals surface area contributed by atoms with Crippen LogP contribution < -0.4 is 5.19 Å². The average molecular weight is 111 g/mol. The average Bonchev–Trinajstić information content (AvgIpc) is 1.88. The third kappa shape index (κ3) is 1.16. The van der Waals surface area contributed by atoms with Crippen molar-refractivity contribution in [2.45, 2.75) is 0 Å². The van der Waals surface area contributed by atoms with Crippen molar-refractivity contribution in [2.75, 3.05) is 0 Å². The van der Waals surface area contributed by atoms with Crippen LogP contribution in [0.15, 0.2) is 30.3 Å². The van der Waals surface area contributed by atoms with Crippen LogP contribution in [0, 0.1) is 0 Å². The highest BCUT2D eigenvalue weighted by atomic mass is 28.1. The van der Waals surface area contributed by atoms with Crippen molar-refractivity contribution in [3.05, 3.63) is 30.3 Å². The molecule has 0 nitrogen and oxygen atoms in total. The molecular weight excluding hydrogens is 100 g/mol. The summed E-state index contributed by atoms with van der Waals surface area (Å²) in [4.78, 5) is 0. The van der Waals surface area contributed by atoms with Crippen LogP contribution in [0.25, 0.3) is 0 Å². The lowest BCUT2D eigenvalue weighted by atomic mass is 10.4. The van der Waals surface area contributed by atoms with E-state index in [0.29, 0.717) is 5.19 Å². The molecule has 1 rings (SSSR count). The fraction of sp³-hybridized carbons (Fsp3) is 0. The molecular formula is C6H8Si. The number of rotatable bonds is 1. The molecule has 0 saturated carbocycles. The minimum absolute atomic E-state index is 0.537. The fourth-order valence-corrected chi connectivity index (χ4v) is 0.631. The van der Waals surface area contributed by atoms with Crippen molar-refractivity contribution < 1.29 is 0 Å². The molecule has 7 heavy (non-hydrogen) atoms. The Morgan fingerprint density at radius 3 is 2.43 bits per heavy atom. The van der Waals surface area contributed by atoms with E-state index >= 15 is 0 Å². The maximum atomic E-state index is 7.15. The number of hydrogen-bond acceptors (Lipinski definition) is 0. The van der Waals surface area contributed by atoms with Crippen LogP contribution >= 0.6 is 0 Å². The maximum Gasteiger partial charge on any atom is 0.0384 e. The van der Waals surface area contributed by atoms with Crippen molar-refractivity contribution in [2.24, 2.45) is 0 Å². The summed E-state index contributed by atoms with van der Waals surface area (Å²) in [5, 5.41) is 0.537. The van der Waals surface area contributed by atoms with E-state index in [-0.39, 0.29) is 0 Å². The van der Waals surface area contributed by atoms with E-state index in [1.165, 1.54) is 0 Å². The Morgan fingerprint density at radius 2 is 2.00 bits per heavy atom. The molecule has 1 aromatic carbocycles. The zero-order valence-electron chi connectivity index (χ0n) is 6.89. The third-order valence-corrected chi connectivity index (χ3v) is 1.11. The molecule has 0 bridgehead atoms. The van der Waals surface area contributed by atoms with Crippen molar-refractivity contribution in [3.8, 4) is 0 Å². The number of benzene rings is 1. The van der Waals surface area contributed by atoms with E-state index in [2.05, 4.69) is 0 Å². The molecule has 0 spiro atoms. The standard InChI is InChI=1S/C6H8Si/c7-6-4-2-1-3-5-6/h1-5H,7H3/i7D3. The van der Waals surface area contributed by atoms with E-state index < -0.39 is 10.0 Å². The third-order valence-electron chi connectivity index (χ3n) is 0.774. The Kier molecular flexibility index (Phi) is 0.591. The van der Waals surface area contributed by atoms with Crippen LogP contribution in [0.5, 0.6) is 0 Å². The van der Waals surface area contributed by atoms with E-state index in [1.807, 2.05) is 6.07 Å². The zero-order chi connectivity index (χ0) is 7.61. The van der Waals surface area contributed by atoms with Gasteiger partial charge in [0.2, 0.25) is 0 Å². The highest BCUT2D eigenvalue weighted by Crippen LogP contribution is 1.76. The predicted molar refractivity (Wildman–Crippen MR) is 36.0 cm³/mol. The summed E-state index contributed by atoms with van der Waals surface area (Å²) >= 11 is 0. The summed E-state index contributed by atoms with van der Waals surface area (Å²) in [5.41, 5.74) is 0. The Bertz CT molecular complexity index is 204. The molecule has 0 aliphatic carbocycles. The van der Waals surface area contributed by atoms with Gasteiger partial charge < -0.3 is 0 Å². The fourth-order valence-electron chi connectivity index (χ4n) is 0.438. The second-order valence-electron chi connectivity index (χ2n) is 1.37. The van der Waals surface area contributed by atoms with E-state index in [1.54, 1.807) is 24.3 Å². The van der Waals surface area contributed by atoms with Gasteiger partial charge in [-0.3, -0.25) is 0 Å². The van der Waals surface area contributed by atoms with Crippen molar-refractivity contribution >= 4 is 15.2 Å². The van der Waals surface area contributed by atoms with Crippen LogP contribution in [0.2, 0.25) is 0 Å². The minimum Gasteiger partial charge on any atom is -0.0708 e. The van der Waals surface area contributed by atoms with Gasteiger partial charge in [0, 0.05) is 13.7 Å². The van der Waals surface area contributed by atoms with Gasteiger partial charge in [0.1, 0.15) is 0 Å². The Morgan fingerprint density at radius 1 is 1.29 bits per heavy atom. The van der Waals surface area contributed by atoms with E-state index in [0.717, 1.165) is 0 Å². The first-order chi connectivity index (χ1) is 4.61. The van der Waals surface area contributed by atoms with Gasteiger partial charge in [-0.2, -0.15) is 0 Å². The van der Waals surface area contributed by atoms with Gasteiger partial charge in [0.05, 0.1) is 0 Å². The Labute approximate surface area is 50.3 Å². The van der Waals surface area contributed by atoms with E-state index in [9.17, 15) is 0 Å². The first-order valence-corrected chi connectivity index (χ1v) is 2.66. The normalized spacial score (nSPS) is 16.9. The summed E-state index contributed by atoms with van der Waals surface area (Å²) in [5.74, 6) is 0. The van der Waals surface area contributed by atoms with Crippen LogP contribution in [0.3, 0.4) is 0 Å². The molecule has 0 fully saturated rings.